The van der Waals surface area contributed by atoms with Gasteiger partial charge in [0.1, 0.15) is 11.2 Å². The Bertz CT molecular complexity index is 3800. The zero-order valence-electron chi connectivity index (χ0n) is 31.5. The Morgan fingerprint density at radius 1 is 0.390 bits per heavy atom. The van der Waals surface area contributed by atoms with Gasteiger partial charge < -0.3 is 8.98 Å². The van der Waals surface area contributed by atoms with Gasteiger partial charge in [-0.1, -0.05) is 146 Å². The molecular formula is C53H31N5O. The van der Waals surface area contributed by atoms with Crippen LogP contribution in [0, 0.1) is 0 Å². The standard InChI is InChI=1S/C53H31N5O/c1-2-15-33(16-3-1)51-54-52(56-53(55-51)58-43-23-11-8-20-37(43)38-21-9-12-24-44(38)58)41-28-29-45(48-40-22-10-13-25-47(40)59-50(41)48)57-46-31-35-18-5-4-17-34(35)30-42(46)39-27-26-32-14-6-7-19-36(32)49(39)57/h1-31H. The van der Waals surface area contributed by atoms with Crippen molar-refractivity contribution in [1.29, 1.82) is 0 Å². The molecular weight excluding hydrogens is 723 g/mol. The van der Waals surface area contributed by atoms with Crippen LogP contribution < -0.4 is 0 Å². The molecule has 0 aliphatic carbocycles. The summed E-state index contributed by atoms with van der Waals surface area (Å²) in [4.78, 5) is 15.7. The van der Waals surface area contributed by atoms with Crippen molar-refractivity contribution >= 4 is 87.1 Å². The van der Waals surface area contributed by atoms with E-state index in [9.17, 15) is 0 Å². The highest BCUT2D eigenvalue weighted by Crippen LogP contribution is 2.44. The topological polar surface area (TPSA) is 61.7 Å². The number of fused-ring (bicyclic) bond motifs is 12. The maximum absolute atomic E-state index is 6.95. The van der Waals surface area contributed by atoms with Crippen molar-refractivity contribution in [1.82, 2.24) is 24.1 Å². The molecule has 0 N–H and O–H groups in total. The smallest absolute Gasteiger partial charge is 0.238 e. The van der Waals surface area contributed by atoms with Crippen LogP contribution in [0.1, 0.15) is 0 Å². The largest absolute Gasteiger partial charge is 0.455 e. The SMILES string of the molecule is c1ccc(-c2nc(-c3ccc(-n4c5cc6ccccc6cc5c5ccc6ccccc6c54)c4c3oc3ccccc34)nc(-n3c4ccccc4c4ccccc43)n2)cc1. The first-order valence-corrected chi connectivity index (χ1v) is 19.9. The van der Waals surface area contributed by atoms with Gasteiger partial charge in [-0.3, -0.25) is 4.57 Å². The Morgan fingerprint density at radius 3 is 1.80 bits per heavy atom. The Hall–Kier alpha value is -8.09. The Morgan fingerprint density at radius 2 is 1.02 bits per heavy atom. The van der Waals surface area contributed by atoms with Crippen molar-refractivity contribution in [3.8, 4) is 34.4 Å². The molecule has 274 valence electrons. The molecule has 59 heavy (non-hydrogen) atoms. The normalized spacial score (nSPS) is 12.1. The quantitative estimate of drug-likeness (QED) is 0.180. The minimum Gasteiger partial charge on any atom is -0.455 e. The van der Waals surface area contributed by atoms with E-state index in [0.29, 0.717) is 17.6 Å². The molecule has 0 aliphatic heterocycles. The molecule has 0 atom stereocenters. The number of aromatic nitrogens is 5. The van der Waals surface area contributed by atoms with E-state index in [2.05, 4.69) is 155 Å². The highest BCUT2D eigenvalue weighted by atomic mass is 16.3. The first kappa shape index (κ1) is 32.0. The van der Waals surface area contributed by atoms with Gasteiger partial charge in [-0.15, -0.1) is 0 Å². The molecule has 0 bridgehead atoms. The lowest BCUT2D eigenvalue weighted by atomic mass is 10.0. The molecule has 4 aromatic heterocycles. The number of para-hydroxylation sites is 3. The maximum Gasteiger partial charge on any atom is 0.238 e. The minimum atomic E-state index is 0.532. The summed E-state index contributed by atoms with van der Waals surface area (Å²) < 4.78 is 11.6. The number of hydrogen-bond donors (Lipinski definition) is 0. The number of nitrogens with zero attached hydrogens (tertiary/aromatic N) is 5. The monoisotopic (exact) mass is 753 g/mol. The average molecular weight is 754 g/mol. The summed E-state index contributed by atoms with van der Waals surface area (Å²) in [5, 5.41) is 11.5. The molecule has 0 spiro atoms. The van der Waals surface area contributed by atoms with E-state index in [4.69, 9.17) is 19.4 Å². The first-order valence-electron chi connectivity index (χ1n) is 19.9. The number of furan rings is 1. The van der Waals surface area contributed by atoms with Gasteiger partial charge >= 0.3 is 0 Å². The molecule has 0 saturated carbocycles. The van der Waals surface area contributed by atoms with Crippen molar-refractivity contribution in [3.05, 3.63) is 188 Å². The van der Waals surface area contributed by atoms with Crippen molar-refractivity contribution in [2.45, 2.75) is 0 Å². The molecule has 4 heterocycles. The third-order valence-corrected chi connectivity index (χ3v) is 11.9. The van der Waals surface area contributed by atoms with Crippen LogP contribution in [-0.4, -0.2) is 24.1 Å². The van der Waals surface area contributed by atoms with Crippen molar-refractivity contribution in [2.24, 2.45) is 0 Å². The van der Waals surface area contributed by atoms with E-state index < -0.39 is 0 Å². The maximum atomic E-state index is 6.95. The molecule has 0 fully saturated rings. The lowest BCUT2D eigenvalue weighted by molar-refractivity contribution is 0.669. The minimum absolute atomic E-state index is 0.532. The summed E-state index contributed by atoms with van der Waals surface area (Å²) in [6.07, 6.45) is 0. The second-order valence-corrected chi connectivity index (χ2v) is 15.2. The predicted octanol–water partition coefficient (Wildman–Crippen LogP) is 13.6. The molecule has 0 unspecified atom stereocenters. The Kier molecular flexibility index (Phi) is 6.63. The third-order valence-electron chi connectivity index (χ3n) is 11.9. The Balaban J connectivity index is 1.15. The van der Waals surface area contributed by atoms with Crippen LogP contribution in [-0.2, 0) is 0 Å². The highest BCUT2D eigenvalue weighted by molar-refractivity contribution is 6.23. The van der Waals surface area contributed by atoms with Gasteiger partial charge in [-0.05, 0) is 58.6 Å². The van der Waals surface area contributed by atoms with E-state index >= 15 is 0 Å². The fraction of sp³-hybridized carbons (Fsp3) is 0. The fourth-order valence-electron chi connectivity index (χ4n) is 9.33. The summed E-state index contributed by atoms with van der Waals surface area (Å²) in [7, 11) is 0. The molecule has 6 heteroatoms. The lowest BCUT2D eigenvalue weighted by Crippen LogP contribution is -2.06. The van der Waals surface area contributed by atoms with E-state index in [-0.39, 0.29) is 0 Å². The zero-order chi connectivity index (χ0) is 38.6. The predicted molar refractivity (Wildman–Crippen MR) is 242 cm³/mol. The van der Waals surface area contributed by atoms with E-state index in [1.54, 1.807) is 0 Å². The van der Waals surface area contributed by atoms with Gasteiger partial charge in [0.05, 0.1) is 38.7 Å². The summed E-state index contributed by atoms with van der Waals surface area (Å²) in [6, 6.07) is 66.1. The van der Waals surface area contributed by atoms with Crippen LogP contribution in [0.3, 0.4) is 0 Å². The number of rotatable bonds is 4. The van der Waals surface area contributed by atoms with E-state index in [1.807, 2.05) is 42.5 Å². The first-order chi connectivity index (χ1) is 29.3. The second kappa shape index (κ2) is 12.2. The third kappa shape index (κ3) is 4.65. The molecule has 0 saturated heterocycles. The van der Waals surface area contributed by atoms with Gasteiger partial charge in [0.15, 0.2) is 11.6 Å². The van der Waals surface area contributed by atoms with Crippen LogP contribution in [0.2, 0.25) is 0 Å². The van der Waals surface area contributed by atoms with Crippen LogP contribution in [0.5, 0.6) is 0 Å². The van der Waals surface area contributed by atoms with Crippen LogP contribution >= 0.6 is 0 Å². The lowest BCUT2D eigenvalue weighted by Gasteiger charge is -2.14. The molecule has 0 amide bonds. The molecule has 0 radical (unpaired) electrons. The Labute approximate surface area is 336 Å². The fourth-order valence-corrected chi connectivity index (χ4v) is 9.33. The zero-order valence-corrected chi connectivity index (χ0v) is 31.5. The van der Waals surface area contributed by atoms with Gasteiger partial charge in [0.2, 0.25) is 5.95 Å². The summed E-state index contributed by atoms with van der Waals surface area (Å²) in [5.41, 5.74) is 8.59. The van der Waals surface area contributed by atoms with Gasteiger partial charge in [0, 0.05) is 37.9 Å². The highest BCUT2D eigenvalue weighted by Gasteiger charge is 2.25. The van der Waals surface area contributed by atoms with Crippen molar-refractivity contribution in [3.63, 3.8) is 0 Å². The molecule has 13 rings (SSSR count). The van der Waals surface area contributed by atoms with Crippen LogP contribution in [0.25, 0.3) is 122 Å². The molecule has 13 aromatic rings. The average Bonchev–Trinajstić information content (AvgIpc) is 3.96. The number of benzene rings is 9. The van der Waals surface area contributed by atoms with Crippen LogP contribution in [0.15, 0.2) is 192 Å². The number of hydrogen-bond acceptors (Lipinski definition) is 4. The molecule has 9 aromatic carbocycles. The van der Waals surface area contributed by atoms with Gasteiger partial charge in [-0.25, -0.2) is 4.98 Å². The van der Waals surface area contributed by atoms with Gasteiger partial charge in [0.25, 0.3) is 0 Å². The summed E-state index contributed by atoms with van der Waals surface area (Å²) in [6.45, 7) is 0. The summed E-state index contributed by atoms with van der Waals surface area (Å²) in [5.74, 6) is 1.66. The van der Waals surface area contributed by atoms with Crippen LogP contribution in [0.4, 0.5) is 0 Å². The second-order valence-electron chi connectivity index (χ2n) is 15.2. The van der Waals surface area contributed by atoms with Crippen molar-refractivity contribution in [2.75, 3.05) is 0 Å². The molecule has 0 aliphatic rings. The van der Waals surface area contributed by atoms with Gasteiger partial charge in [-0.2, -0.15) is 9.97 Å². The van der Waals surface area contributed by atoms with E-state index in [0.717, 1.165) is 71.6 Å². The molecule has 6 nitrogen and oxygen atoms in total. The van der Waals surface area contributed by atoms with E-state index in [1.165, 1.54) is 32.3 Å². The van der Waals surface area contributed by atoms with Crippen molar-refractivity contribution < 1.29 is 4.42 Å². The summed E-state index contributed by atoms with van der Waals surface area (Å²) >= 11 is 0.